The first-order valence-corrected chi connectivity index (χ1v) is 8.24. The number of piperidine rings is 1. The molecule has 19 heavy (non-hydrogen) atoms. The Morgan fingerprint density at radius 3 is 2.53 bits per heavy atom. The lowest BCUT2D eigenvalue weighted by Crippen LogP contribution is -2.51. The molecular formula is C16H30N2O. The number of nitrogens with zero attached hydrogens (tertiary/aromatic N) is 1. The van der Waals surface area contributed by atoms with E-state index >= 15 is 0 Å². The van der Waals surface area contributed by atoms with E-state index in [4.69, 9.17) is 0 Å². The van der Waals surface area contributed by atoms with Gasteiger partial charge in [0.05, 0.1) is 0 Å². The van der Waals surface area contributed by atoms with E-state index in [2.05, 4.69) is 17.1 Å². The number of carbonyl (C=O) groups excluding carboxylic acids is 1. The molecule has 2 aliphatic rings. The van der Waals surface area contributed by atoms with Crippen LogP contribution in [-0.2, 0) is 4.79 Å². The van der Waals surface area contributed by atoms with Gasteiger partial charge >= 0.3 is 0 Å². The smallest absolute Gasteiger partial charge is 0.222 e. The number of amides is 1. The summed E-state index contributed by atoms with van der Waals surface area (Å²) in [5.41, 5.74) is 0. The van der Waals surface area contributed by atoms with Crippen molar-refractivity contribution in [3.63, 3.8) is 0 Å². The van der Waals surface area contributed by atoms with Gasteiger partial charge in [-0.15, -0.1) is 0 Å². The Bertz CT molecular complexity index is 286. The number of rotatable bonds is 5. The summed E-state index contributed by atoms with van der Waals surface area (Å²) in [5, 5.41) is 3.74. The largest absolute Gasteiger partial charge is 0.341 e. The molecule has 0 aromatic heterocycles. The average Bonchev–Trinajstić information content (AvgIpc) is 2.97. The maximum absolute atomic E-state index is 11.9. The zero-order chi connectivity index (χ0) is 13.7. The third-order valence-corrected chi connectivity index (χ3v) is 4.94. The topological polar surface area (TPSA) is 32.3 Å². The van der Waals surface area contributed by atoms with E-state index in [9.17, 15) is 4.79 Å². The van der Waals surface area contributed by atoms with E-state index in [1.54, 1.807) is 0 Å². The number of carbonyl (C=O) groups is 1. The Labute approximate surface area is 118 Å². The number of likely N-dealkylation sites (tertiary alicyclic amines) is 1. The van der Waals surface area contributed by atoms with Crippen molar-refractivity contribution in [2.45, 2.75) is 64.8 Å². The summed E-state index contributed by atoms with van der Waals surface area (Å²) in [4.78, 5) is 14.0. The predicted octanol–water partition coefficient (Wildman–Crippen LogP) is 2.80. The van der Waals surface area contributed by atoms with E-state index in [1.807, 2.05) is 6.92 Å². The lowest BCUT2D eigenvalue weighted by Gasteiger charge is -2.38. The summed E-state index contributed by atoms with van der Waals surface area (Å²) >= 11 is 0. The fourth-order valence-corrected chi connectivity index (χ4v) is 3.62. The second-order valence-corrected chi connectivity index (χ2v) is 6.42. The predicted molar refractivity (Wildman–Crippen MR) is 79.0 cm³/mol. The molecule has 1 amide bonds. The van der Waals surface area contributed by atoms with Crippen LogP contribution in [0, 0.1) is 11.8 Å². The highest BCUT2D eigenvalue weighted by Crippen LogP contribution is 2.25. The maximum atomic E-state index is 11.9. The van der Waals surface area contributed by atoms with Gasteiger partial charge in [-0.05, 0) is 37.6 Å². The van der Waals surface area contributed by atoms with Gasteiger partial charge in [0.25, 0.3) is 0 Å². The van der Waals surface area contributed by atoms with Crippen LogP contribution in [0.15, 0.2) is 0 Å². The molecule has 3 heteroatoms. The van der Waals surface area contributed by atoms with Crippen LogP contribution in [-0.4, -0.2) is 36.5 Å². The molecule has 2 rings (SSSR count). The Morgan fingerprint density at radius 1 is 1.16 bits per heavy atom. The van der Waals surface area contributed by atoms with Gasteiger partial charge in [-0.1, -0.05) is 33.1 Å². The van der Waals surface area contributed by atoms with Gasteiger partial charge in [0.2, 0.25) is 5.91 Å². The van der Waals surface area contributed by atoms with Gasteiger partial charge in [0.15, 0.2) is 0 Å². The monoisotopic (exact) mass is 266 g/mol. The highest BCUT2D eigenvalue weighted by atomic mass is 16.2. The molecule has 1 saturated heterocycles. The first-order valence-electron chi connectivity index (χ1n) is 8.24. The Hall–Kier alpha value is -0.570. The molecule has 1 aliphatic carbocycles. The number of nitrogens with one attached hydrogen (secondary N) is 1. The fourth-order valence-electron chi connectivity index (χ4n) is 3.62. The third-order valence-electron chi connectivity index (χ3n) is 4.94. The normalized spacial score (nSPS) is 28.8. The summed E-state index contributed by atoms with van der Waals surface area (Å²) in [5.74, 6) is 1.90. The van der Waals surface area contributed by atoms with E-state index < -0.39 is 0 Å². The first-order chi connectivity index (χ1) is 9.22. The SMILES string of the molecule is CCC(=O)N1CC(CC)CC(NCC2CCCC2)C1. The van der Waals surface area contributed by atoms with Crippen molar-refractivity contribution < 1.29 is 4.79 Å². The van der Waals surface area contributed by atoms with Crippen molar-refractivity contribution in [1.29, 1.82) is 0 Å². The second-order valence-electron chi connectivity index (χ2n) is 6.42. The van der Waals surface area contributed by atoms with Gasteiger partial charge in [0, 0.05) is 25.6 Å². The minimum absolute atomic E-state index is 0.325. The summed E-state index contributed by atoms with van der Waals surface area (Å²) in [7, 11) is 0. The number of hydrogen-bond acceptors (Lipinski definition) is 2. The molecule has 2 unspecified atom stereocenters. The van der Waals surface area contributed by atoms with Gasteiger partial charge in [-0.3, -0.25) is 4.79 Å². The van der Waals surface area contributed by atoms with E-state index in [1.165, 1.54) is 38.5 Å². The molecule has 1 heterocycles. The summed E-state index contributed by atoms with van der Waals surface area (Å²) < 4.78 is 0. The molecule has 0 bridgehead atoms. The van der Waals surface area contributed by atoms with Crippen LogP contribution in [0.25, 0.3) is 0 Å². The Balaban J connectivity index is 1.82. The molecule has 2 atom stereocenters. The molecule has 0 aromatic carbocycles. The van der Waals surface area contributed by atoms with Crippen molar-refractivity contribution in [1.82, 2.24) is 10.2 Å². The van der Waals surface area contributed by atoms with Gasteiger partial charge in [-0.2, -0.15) is 0 Å². The maximum Gasteiger partial charge on any atom is 0.222 e. The van der Waals surface area contributed by atoms with E-state index in [0.717, 1.165) is 25.6 Å². The van der Waals surface area contributed by atoms with Crippen molar-refractivity contribution >= 4 is 5.91 Å². The van der Waals surface area contributed by atoms with Crippen LogP contribution in [0.5, 0.6) is 0 Å². The zero-order valence-electron chi connectivity index (χ0n) is 12.7. The van der Waals surface area contributed by atoms with Gasteiger partial charge in [-0.25, -0.2) is 0 Å². The molecule has 1 aliphatic heterocycles. The van der Waals surface area contributed by atoms with Crippen LogP contribution < -0.4 is 5.32 Å². The van der Waals surface area contributed by atoms with E-state index in [-0.39, 0.29) is 0 Å². The van der Waals surface area contributed by atoms with E-state index in [0.29, 0.717) is 24.3 Å². The lowest BCUT2D eigenvalue weighted by atomic mass is 9.91. The molecule has 1 saturated carbocycles. The van der Waals surface area contributed by atoms with Gasteiger partial charge in [0.1, 0.15) is 0 Å². The van der Waals surface area contributed by atoms with Crippen LogP contribution in [0.3, 0.4) is 0 Å². The summed E-state index contributed by atoms with van der Waals surface area (Å²) in [6, 6.07) is 0.523. The molecular weight excluding hydrogens is 236 g/mol. The van der Waals surface area contributed by atoms with Crippen molar-refractivity contribution in [2.24, 2.45) is 11.8 Å². The Morgan fingerprint density at radius 2 is 1.89 bits per heavy atom. The molecule has 2 fully saturated rings. The van der Waals surface area contributed by atoms with Crippen molar-refractivity contribution in [3.8, 4) is 0 Å². The third kappa shape index (κ3) is 4.20. The molecule has 110 valence electrons. The van der Waals surface area contributed by atoms with Crippen LogP contribution >= 0.6 is 0 Å². The quantitative estimate of drug-likeness (QED) is 0.830. The fraction of sp³-hybridized carbons (Fsp3) is 0.938. The average molecular weight is 266 g/mol. The lowest BCUT2D eigenvalue weighted by molar-refractivity contribution is -0.133. The van der Waals surface area contributed by atoms with Crippen LogP contribution in [0.2, 0.25) is 0 Å². The first kappa shape index (κ1) is 14.8. The highest BCUT2D eigenvalue weighted by molar-refractivity contribution is 5.76. The van der Waals surface area contributed by atoms with Crippen molar-refractivity contribution in [3.05, 3.63) is 0 Å². The zero-order valence-corrected chi connectivity index (χ0v) is 12.7. The van der Waals surface area contributed by atoms with Crippen LogP contribution in [0.4, 0.5) is 0 Å². The highest BCUT2D eigenvalue weighted by Gasteiger charge is 2.28. The van der Waals surface area contributed by atoms with Crippen molar-refractivity contribution in [2.75, 3.05) is 19.6 Å². The minimum atomic E-state index is 0.325. The number of hydrogen-bond donors (Lipinski definition) is 1. The molecule has 1 N–H and O–H groups in total. The standard InChI is InChI=1S/C16H30N2O/c1-3-13-9-15(12-18(11-13)16(19)4-2)17-10-14-7-5-6-8-14/h13-15,17H,3-12H2,1-2H3. The molecule has 3 nitrogen and oxygen atoms in total. The molecule has 0 spiro atoms. The van der Waals surface area contributed by atoms with Crippen LogP contribution in [0.1, 0.15) is 58.8 Å². The summed E-state index contributed by atoms with van der Waals surface area (Å²) in [6.45, 7) is 7.29. The summed E-state index contributed by atoms with van der Waals surface area (Å²) in [6.07, 6.45) is 8.70. The molecule has 0 aromatic rings. The van der Waals surface area contributed by atoms with Gasteiger partial charge < -0.3 is 10.2 Å². The Kier molecular flexibility index (Phi) is 5.68. The molecule has 0 radical (unpaired) electrons. The second kappa shape index (κ2) is 7.28. The minimum Gasteiger partial charge on any atom is -0.341 e.